The summed E-state index contributed by atoms with van der Waals surface area (Å²) in [7, 11) is 0. The molecule has 0 fully saturated rings. The van der Waals surface area contributed by atoms with Gasteiger partial charge in [0.1, 0.15) is 5.65 Å². The highest BCUT2D eigenvalue weighted by Gasteiger charge is 2.10. The van der Waals surface area contributed by atoms with Gasteiger partial charge < -0.3 is 9.51 Å². The Labute approximate surface area is 83.0 Å². The van der Waals surface area contributed by atoms with E-state index in [2.05, 4.69) is 4.98 Å². The Hall–Kier alpha value is -1.35. The first kappa shape index (κ1) is 9.21. The molecule has 14 heavy (non-hydrogen) atoms. The number of fused-ring (bicyclic) bond motifs is 1. The van der Waals surface area contributed by atoms with Crippen molar-refractivity contribution in [3.05, 3.63) is 35.8 Å². The number of aliphatic hydroxyl groups is 1. The molecule has 0 radical (unpaired) electrons. The quantitative estimate of drug-likeness (QED) is 0.787. The van der Waals surface area contributed by atoms with Gasteiger partial charge in [0.05, 0.1) is 18.0 Å². The molecule has 2 aromatic rings. The molecule has 1 N–H and O–H groups in total. The van der Waals surface area contributed by atoms with Crippen LogP contribution in [0.2, 0.25) is 0 Å². The van der Waals surface area contributed by atoms with Crippen LogP contribution in [0.5, 0.6) is 0 Å². The SMILES string of the molecule is CCC(O)c1cnc2ccc(C)cn12. The summed E-state index contributed by atoms with van der Waals surface area (Å²) in [5.41, 5.74) is 2.92. The average Bonchev–Trinajstić information content (AvgIpc) is 2.59. The maximum absolute atomic E-state index is 9.75. The maximum Gasteiger partial charge on any atom is 0.136 e. The molecule has 2 aromatic heterocycles. The molecule has 0 aliphatic rings. The summed E-state index contributed by atoms with van der Waals surface area (Å²) in [6, 6.07) is 3.98. The second-order valence-electron chi connectivity index (χ2n) is 3.54. The summed E-state index contributed by atoms with van der Waals surface area (Å²) < 4.78 is 1.95. The standard InChI is InChI=1S/C11H14N2O/c1-3-10(14)9-6-12-11-5-4-8(2)7-13(9)11/h4-7,10,14H,3H2,1-2H3. The zero-order chi connectivity index (χ0) is 10.1. The lowest BCUT2D eigenvalue weighted by atomic mass is 10.2. The van der Waals surface area contributed by atoms with E-state index in [1.54, 1.807) is 6.20 Å². The van der Waals surface area contributed by atoms with Gasteiger partial charge in [0.2, 0.25) is 0 Å². The van der Waals surface area contributed by atoms with Crippen LogP contribution in [0.25, 0.3) is 5.65 Å². The highest BCUT2D eigenvalue weighted by Crippen LogP contribution is 2.18. The fourth-order valence-corrected chi connectivity index (χ4v) is 1.56. The van der Waals surface area contributed by atoms with Crippen LogP contribution >= 0.6 is 0 Å². The lowest BCUT2D eigenvalue weighted by Gasteiger charge is -2.07. The minimum Gasteiger partial charge on any atom is -0.387 e. The van der Waals surface area contributed by atoms with Gasteiger partial charge in [-0.25, -0.2) is 4.98 Å². The first-order valence-electron chi connectivity index (χ1n) is 4.84. The first-order valence-corrected chi connectivity index (χ1v) is 4.84. The summed E-state index contributed by atoms with van der Waals surface area (Å²) in [6.45, 7) is 3.99. The van der Waals surface area contributed by atoms with Crippen molar-refractivity contribution >= 4 is 5.65 Å². The van der Waals surface area contributed by atoms with Gasteiger partial charge in [-0.1, -0.05) is 13.0 Å². The van der Waals surface area contributed by atoms with E-state index < -0.39 is 6.10 Å². The fraction of sp³-hybridized carbons (Fsp3) is 0.364. The molecule has 3 nitrogen and oxygen atoms in total. The molecule has 2 heterocycles. The Morgan fingerprint density at radius 2 is 2.29 bits per heavy atom. The Bertz CT molecular complexity index is 447. The van der Waals surface area contributed by atoms with Crippen molar-refractivity contribution in [1.82, 2.24) is 9.38 Å². The third-order valence-corrected chi connectivity index (χ3v) is 2.41. The monoisotopic (exact) mass is 190 g/mol. The van der Waals surface area contributed by atoms with Gasteiger partial charge in [-0.3, -0.25) is 0 Å². The summed E-state index contributed by atoms with van der Waals surface area (Å²) in [5, 5.41) is 9.75. The molecule has 1 atom stereocenters. The highest BCUT2D eigenvalue weighted by molar-refractivity contribution is 5.42. The van der Waals surface area contributed by atoms with Gasteiger partial charge in [-0.2, -0.15) is 0 Å². The molecule has 0 spiro atoms. The van der Waals surface area contributed by atoms with Crippen LogP contribution in [-0.2, 0) is 0 Å². The van der Waals surface area contributed by atoms with Gasteiger partial charge in [-0.15, -0.1) is 0 Å². The lowest BCUT2D eigenvalue weighted by molar-refractivity contribution is 0.168. The van der Waals surface area contributed by atoms with E-state index in [0.29, 0.717) is 6.42 Å². The van der Waals surface area contributed by atoms with E-state index in [1.807, 2.05) is 36.6 Å². The number of hydrogen-bond acceptors (Lipinski definition) is 2. The number of hydrogen-bond donors (Lipinski definition) is 1. The minimum absolute atomic E-state index is 0.424. The van der Waals surface area contributed by atoms with E-state index >= 15 is 0 Å². The maximum atomic E-state index is 9.75. The number of pyridine rings is 1. The third kappa shape index (κ3) is 1.40. The van der Waals surface area contributed by atoms with Crippen LogP contribution in [0.15, 0.2) is 24.5 Å². The van der Waals surface area contributed by atoms with E-state index in [-0.39, 0.29) is 0 Å². The van der Waals surface area contributed by atoms with Crippen molar-refractivity contribution in [2.75, 3.05) is 0 Å². The molecule has 0 aliphatic carbocycles. The van der Waals surface area contributed by atoms with Gasteiger partial charge in [-0.05, 0) is 25.0 Å². The molecule has 0 aliphatic heterocycles. The van der Waals surface area contributed by atoms with Crippen molar-refractivity contribution in [3.8, 4) is 0 Å². The number of aliphatic hydroxyl groups excluding tert-OH is 1. The molecule has 0 amide bonds. The van der Waals surface area contributed by atoms with Crippen LogP contribution in [-0.4, -0.2) is 14.5 Å². The largest absolute Gasteiger partial charge is 0.387 e. The summed E-state index contributed by atoms with van der Waals surface area (Å²) in [5.74, 6) is 0. The third-order valence-electron chi connectivity index (χ3n) is 2.41. The van der Waals surface area contributed by atoms with Crippen molar-refractivity contribution in [1.29, 1.82) is 0 Å². The van der Waals surface area contributed by atoms with Crippen molar-refractivity contribution < 1.29 is 5.11 Å². The van der Waals surface area contributed by atoms with E-state index in [4.69, 9.17) is 0 Å². The zero-order valence-corrected chi connectivity index (χ0v) is 8.44. The topological polar surface area (TPSA) is 37.5 Å². The average molecular weight is 190 g/mol. The molecule has 0 aromatic carbocycles. The van der Waals surface area contributed by atoms with Gasteiger partial charge >= 0.3 is 0 Å². The Morgan fingerprint density at radius 3 is 3.00 bits per heavy atom. The summed E-state index contributed by atoms with van der Waals surface area (Å²) in [6.07, 6.45) is 4.02. The smallest absolute Gasteiger partial charge is 0.136 e. The minimum atomic E-state index is -0.424. The molecule has 74 valence electrons. The Balaban J connectivity index is 2.61. The van der Waals surface area contributed by atoms with Gasteiger partial charge in [0.25, 0.3) is 0 Å². The molecule has 0 saturated carbocycles. The Kier molecular flexibility index (Phi) is 2.25. The van der Waals surface area contributed by atoms with Crippen LogP contribution in [0.1, 0.15) is 30.7 Å². The van der Waals surface area contributed by atoms with Crippen molar-refractivity contribution in [3.63, 3.8) is 0 Å². The van der Waals surface area contributed by atoms with Gasteiger partial charge in [0, 0.05) is 6.20 Å². The number of aryl methyl sites for hydroxylation is 1. The first-order chi connectivity index (χ1) is 6.72. The van der Waals surface area contributed by atoms with Crippen LogP contribution < -0.4 is 0 Å². The van der Waals surface area contributed by atoms with Gasteiger partial charge in [0.15, 0.2) is 0 Å². The normalized spacial score (nSPS) is 13.4. The molecular formula is C11H14N2O. The molecule has 1 unspecified atom stereocenters. The number of nitrogens with zero attached hydrogens (tertiary/aromatic N) is 2. The number of rotatable bonds is 2. The van der Waals surface area contributed by atoms with E-state index in [1.165, 1.54) is 5.56 Å². The number of imidazole rings is 1. The molecular weight excluding hydrogens is 176 g/mol. The predicted octanol–water partition coefficient (Wildman–Crippen LogP) is 2.09. The molecule has 0 saturated heterocycles. The van der Waals surface area contributed by atoms with Crippen LogP contribution in [0.4, 0.5) is 0 Å². The second-order valence-corrected chi connectivity index (χ2v) is 3.54. The molecule has 2 rings (SSSR count). The van der Waals surface area contributed by atoms with Crippen molar-refractivity contribution in [2.45, 2.75) is 26.4 Å². The molecule has 3 heteroatoms. The van der Waals surface area contributed by atoms with E-state index in [0.717, 1.165) is 11.3 Å². The highest BCUT2D eigenvalue weighted by atomic mass is 16.3. The number of aromatic nitrogens is 2. The van der Waals surface area contributed by atoms with Crippen LogP contribution in [0.3, 0.4) is 0 Å². The summed E-state index contributed by atoms with van der Waals surface area (Å²) >= 11 is 0. The predicted molar refractivity (Wildman–Crippen MR) is 55.2 cm³/mol. The van der Waals surface area contributed by atoms with Crippen molar-refractivity contribution in [2.24, 2.45) is 0 Å². The fourth-order valence-electron chi connectivity index (χ4n) is 1.56. The second kappa shape index (κ2) is 3.42. The van der Waals surface area contributed by atoms with Crippen LogP contribution in [0, 0.1) is 6.92 Å². The van der Waals surface area contributed by atoms with E-state index in [9.17, 15) is 5.11 Å². The Morgan fingerprint density at radius 1 is 1.50 bits per heavy atom. The zero-order valence-electron chi connectivity index (χ0n) is 8.44. The lowest BCUT2D eigenvalue weighted by Crippen LogP contribution is -2.00. The summed E-state index contributed by atoms with van der Waals surface area (Å²) in [4.78, 5) is 4.23. The molecule has 0 bridgehead atoms.